The van der Waals surface area contributed by atoms with E-state index in [4.69, 9.17) is 4.74 Å². The minimum Gasteiger partial charge on any atom is -0.493 e. The lowest BCUT2D eigenvalue weighted by molar-refractivity contribution is -0.173. The molecule has 1 aromatic carbocycles. The van der Waals surface area contributed by atoms with E-state index in [1.165, 1.54) is 13.2 Å². The van der Waals surface area contributed by atoms with Gasteiger partial charge in [0, 0.05) is 36.4 Å². The van der Waals surface area contributed by atoms with Gasteiger partial charge >= 0.3 is 15.6 Å². The van der Waals surface area contributed by atoms with Crippen LogP contribution in [0.15, 0.2) is 12.1 Å². The first-order valence-corrected chi connectivity index (χ1v) is 12.5. The summed E-state index contributed by atoms with van der Waals surface area (Å²) < 4.78 is 73.5. The van der Waals surface area contributed by atoms with Crippen molar-refractivity contribution in [2.75, 3.05) is 20.2 Å². The Labute approximate surface area is 190 Å². The first kappa shape index (κ1) is 22.9. The molecule has 4 aliphatic rings. The molecule has 2 bridgehead atoms. The lowest BCUT2D eigenvalue weighted by Gasteiger charge is -2.63. The molecule has 182 valence electrons. The molecule has 1 N–H and O–H groups in total. The van der Waals surface area contributed by atoms with E-state index >= 15 is 0 Å². The summed E-state index contributed by atoms with van der Waals surface area (Å²) in [5.74, 6) is -0.307. The normalized spacial score (nSPS) is 32.2. The van der Waals surface area contributed by atoms with E-state index in [-0.39, 0.29) is 42.4 Å². The van der Waals surface area contributed by atoms with Crippen molar-refractivity contribution < 1.29 is 40.4 Å². The molecule has 33 heavy (non-hydrogen) atoms. The van der Waals surface area contributed by atoms with Gasteiger partial charge in [0.2, 0.25) is 0 Å². The molecule has 0 spiro atoms. The summed E-state index contributed by atoms with van der Waals surface area (Å²) in [4.78, 5) is 14.9. The smallest absolute Gasteiger partial charge is 0.493 e. The summed E-state index contributed by atoms with van der Waals surface area (Å²) in [6.07, 6.45) is 3.14. The van der Waals surface area contributed by atoms with Crippen LogP contribution >= 0.6 is 0 Å². The number of fused-ring (bicyclic) bond motifs is 1. The zero-order valence-electron chi connectivity index (χ0n) is 18.2. The maximum absolute atomic E-state index is 13.2. The molecule has 1 aromatic rings. The van der Waals surface area contributed by atoms with Gasteiger partial charge in [0.1, 0.15) is 5.78 Å². The number of ketones is 1. The van der Waals surface area contributed by atoms with Gasteiger partial charge in [-0.25, -0.2) is 0 Å². The van der Waals surface area contributed by atoms with Crippen LogP contribution in [-0.4, -0.2) is 61.6 Å². The number of alkyl halides is 3. The monoisotopic (exact) mass is 489 g/mol. The minimum atomic E-state index is -5.99. The molecule has 1 aliphatic heterocycles. The van der Waals surface area contributed by atoms with Gasteiger partial charge in [-0.05, 0) is 56.2 Å². The van der Waals surface area contributed by atoms with E-state index in [0.29, 0.717) is 30.9 Å². The number of hydrogen-bond acceptors (Lipinski definition) is 7. The molecule has 5 rings (SSSR count). The highest BCUT2D eigenvalue weighted by Gasteiger charge is 2.66. The Bertz CT molecular complexity index is 1100. The van der Waals surface area contributed by atoms with Gasteiger partial charge in [0.15, 0.2) is 11.5 Å². The van der Waals surface area contributed by atoms with E-state index in [1.54, 1.807) is 6.07 Å². The Morgan fingerprint density at radius 1 is 1.24 bits per heavy atom. The molecule has 0 amide bonds. The number of carbonyl (C=O) groups is 1. The second kappa shape index (κ2) is 7.32. The molecular formula is C22H26F3NO6S. The van der Waals surface area contributed by atoms with Crippen molar-refractivity contribution in [2.45, 2.75) is 67.5 Å². The largest absolute Gasteiger partial charge is 0.534 e. The fourth-order valence-electron chi connectivity index (χ4n) is 6.22. The van der Waals surface area contributed by atoms with E-state index in [1.807, 2.05) is 0 Å². The number of benzene rings is 1. The van der Waals surface area contributed by atoms with Crippen LogP contribution in [0.25, 0.3) is 0 Å². The predicted octanol–water partition coefficient (Wildman–Crippen LogP) is 2.69. The van der Waals surface area contributed by atoms with Crippen LogP contribution in [0.4, 0.5) is 13.2 Å². The van der Waals surface area contributed by atoms with Gasteiger partial charge in [-0.15, -0.1) is 0 Å². The summed E-state index contributed by atoms with van der Waals surface area (Å²) in [5, 5.41) is 12.1. The van der Waals surface area contributed by atoms with Crippen LogP contribution < -0.4 is 8.92 Å². The van der Waals surface area contributed by atoms with Crippen molar-refractivity contribution in [3.05, 3.63) is 23.3 Å². The van der Waals surface area contributed by atoms with Gasteiger partial charge in [0.05, 0.1) is 12.7 Å². The number of hydrogen-bond donors (Lipinski definition) is 1. The third kappa shape index (κ3) is 3.37. The third-order valence-corrected chi connectivity index (χ3v) is 8.87. The van der Waals surface area contributed by atoms with Crippen molar-refractivity contribution >= 4 is 15.9 Å². The number of methoxy groups -OCH3 is 1. The summed E-state index contributed by atoms with van der Waals surface area (Å²) >= 11 is 0. The average molecular weight is 490 g/mol. The Kier molecular flexibility index (Phi) is 5.09. The lowest BCUT2D eigenvalue weighted by Crippen LogP contribution is -2.73. The van der Waals surface area contributed by atoms with Crippen LogP contribution in [0.1, 0.15) is 49.7 Å². The van der Waals surface area contributed by atoms with Crippen LogP contribution in [0.5, 0.6) is 11.5 Å². The number of ether oxygens (including phenoxy) is 1. The van der Waals surface area contributed by atoms with Crippen LogP contribution in [-0.2, 0) is 26.7 Å². The number of aliphatic hydroxyl groups is 1. The van der Waals surface area contributed by atoms with Crippen LogP contribution in [0, 0.1) is 5.92 Å². The van der Waals surface area contributed by atoms with Crippen molar-refractivity contribution in [2.24, 2.45) is 5.92 Å². The summed E-state index contributed by atoms with van der Waals surface area (Å²) in [5.41, 5.74) is -7.54. The number of carbonyl (C=O) groups excluding carboxylic acids is 1. The second-order valence-electron chi connectivity index (χ2n) is 9.74. The number of rotatable bonds is 5. The van der Waals surface area contributed by atoms with E-state index in [2.05, 4.69) is 9.08 Å². The summed E-state index contributed by atoms with van der Waals surface area (Å²) in [6.45, 7) is 1.38. The Balaban J connectivity index is 1.70. The number of Topliss-reactive ketones (excluding diaryl/α,β-unsaturated/α-hetero) is 1. The van der Waals surface area contributed by atoms with Gasteiger partial charge < -0.3 is 14.0 Å². The molecule has 3 atom stereocenters. The molecular weight excluding hydrogens is 463 g/mol. The van der Waals surface area contributed by atoms with E-state index < -0.39 is 32.4 Å². The fraction of sp³-hybridized carbons (Fsp3) is 0.682. The highest BCUT2D eigenvalue weighted by atomic mass is 32.2. The van der Waals surface area contributed by atoms with Gasteiger partial charge in [-0.2, -0.15) is 21.6 Å². The Morgan fingerprint density at radius 3 is 2.61 bits per heavy atom. The topological polar surface area (TPSA) is 93.1 Å². The van der Waals surface area contributed by atoms with Crippen LogP contribution in [0.3, 0.4) is 0 Å². The first-order valence-electron chi connectivity index (χ1n) is 11.1. The van der Waals surface area contributed by atoms with Crippen molar-refractivity contribution in [1.82, 2.24) is 4.90 Å². The Hall–Kier alpha value is -1.85. The number of nitrogens with zero attached hydrogens (tertiary/aromatic N) is 1. The molecule has 3 fully saturated rings. The van der Waals surface area contributed by atoms with E-state index in [0.717, 1.165) is 19.4 Å². The standard InChI is InChI=1S/C22H26F3NO6S/c1-31-16-5-4-14-10-17-21(28)7-6-15(27)11-20(21,8-9-26(17)12-13-2-3-13)18(14)19(16)32-33(29,30)22(23,24)25/h4-5,13,17,28H,2-3,6-12H2,1H3/t17-,20-,21-/m1/s1. The second-order valence-corrected chi connectivity index (χ2v) is 11.3. The Morgan fingerprint density at radius 2 is 1.97 bits per heavy atom. The fourth-order valence-corrected chi connectivity index (χ4v) is 6.70. The van der Waals surface area contributed by atoms with Crippen molar-refractivity contribution in [3.63, 3.8) is 0 Å². The van der Waals surface area contributed by atoms with Gasteiger partial charge in [-0.3, -0.25) is 9.69 Å². The third-order valence-electron chi connectivity index (χ3n) is 7.92. The molecule has 11 heteroatoms. The van der Waals surface area contributed by atoms with Crippen molar-refractivity contribution in [1.29, 1.82) is 0 Å². The predicted molar refractivity (Wildman–Crippen MR) is 110 cm³/mol. The molecule has 0 radical (unpaired) electrons. The number of halogens is 3. The van der Waals surface area contributed by atoms with Crippen LogP contribution in [0.2, 0.25) is 0 Å². The molecule has 1 saturated heterocycles. The zero-order chi connectivity index (χ0) is 23.8. The van der Waals surface area contributed by atoms with E-state index in [9.17, 15) is 31.5 Å². The average Bonchev–Trinajstić information content (AvgIpc) is 3.53. The summed E-state index contributed by atoms with van der Waals surface area (Å²) in [6, 6.07) is 2.75. The number of piperidine rings is 1. The minimum absolute atomic E-state index is 0.0835. The lowest BCUT2D eigenvalue weighted by atomic mass is 9.49. The molecule has 3 aliphatic carbocycles. The number of likely N-dealkylation sites (tertiary alicyclic amines) is 1. The van der Waals surface area contributed by atoms with Gasteiger partial charge in [0.25, 0.3) is 0 Å². The van der Waals surface area contributed by atoms with Gasteiger partial charge in [-0.1, -0.05) is 6.07 Å². The molecule has 0 aromatic heterocycles. The molecule has 0 unspecified atom stereocenters. The van der Waals surface area contributed by atoms with Crippen molar-refractivity contribution in [3.8, 4) is 11.5 Å². The quantitative estimate of drug-likeness (QED) is 0.502. The maximum Gasteiger partial charge on any atom is 0.534 e. The zero-order valence-corrected chi connectivity index (χ0v) is 19.0. The SMILES string of the molecule is COc1ccc2c(c1OS(=O)(=O)C(F)(F)F)[C@]13CCN(CC4CC4)[C@H](C2)[C@]1(O)CCC(=O)C3. The highest BCUT2D eigenvalue weighted by Crippen LogP contribution is 2.61. The molecule has 1 heterocycles. The maximum atomic E-state index is 13.2. The molecule has 7 nitrogen and oxygen atoms in total. The molecule has 2 saturated carbocycles. The first-order chi connectivity index (χ1) is 15.4. The highest BCUT2D eigenvalue weighted by molar-refractivity contribution is 7.88. The summed E-state index contributed by atoms with van der Waals surface area (Å²) in [7, 11) is -4.79.